The highest BCUT2D eigenvalue weighted by Crippen LogP contribution is 2.29. The van der Waals surface area contributed by atoms with Gasteiger partial charge in [0.05, 0.1) is 0 Å². The predicted octanol–water partition coefficient (Wildman–Crippen LogP) is 4.18. The van der Waals surface area contributed by atoms with Gasteiger partial charge in [-0.1, -0.05) is 58.4 Å². The third-order valence-corrected chi connectivity index (χ3v) is 3.37. The highest BCUT2D eigenvalue weighted by molar-refractivity contribution is 9.10. The van der Waals surface area contributed by atoms with Gasteiger partial charge in [-0.15, -0.1) is 0 Å². The summed E-state index contributed by atoms with van der Waals surface area (Å²) in [6.45, 7) is 1.69. The molecule has 0 atom stereocenters. The fourth-order valence-electron chi connectivity index (χ4n) is 1.77. The van der Waals surface area contributed by atoms with Crippen molar-refractivity contribution in [2.24, 2.45) is 0 Å². The van der Waals surface area contributed by atoms with Crippen molar-refractivity contribution < 1.29 is 9.53 Å². The Balaban J connectivity index is 2.41. The maximum Gasteiger partial charge on any atom is 0.302 e. The fourth-order valence-corrected chi connectivity index (χ4v) is 2.25. The molecule has 0 unspecified atom stereocenters. The van der Waals surface area contributed by atoms with Crippen molar-refractivity contribution in [1.29, 1.82) is 0 Å². The van der Waals surface area contributed by atoms with Gasteiger partial charge in [-0.3, -0.25) is 4.79 Å². The topological polar surface area (TPSA) is 26.3 Å². The Morgan fingerprint density at radius 3 is 2.50 bits per heavy atom. The Labute approximate surface area is 115 Å². The molecule has 0 saturated carbocycles. The SMILES string of the molecule is CC(=O)OCc1c(Br)cccc1-c1ccccc1. The van der Waals surface area contributed by atoms with E-state index in [0.717, 1.165) is 21.2 Å². The third-order valence-electron chi connectivity index (χ3n) is 2.62. The number of hydrogen-bond acceptors (Lipinski definition) is 2. The minimum absolute atomic E-state index is 0.273. The number of rotatable bonds is 3. The number of ether oxygens (including phenoxy) is 1. The molecule has 0 fully saturated rings. The van der Waals surface area contributed by atoms with Crippen LogP contribution in [0.1, 0.15) is 12.5 Å². The highest BCUT2D eigenvalue weighted by atomic mass is 79.9. The molecular weight excluding hydrogens is 292 g/mol. The van der Waals surface area contributed by atoms with Gasteiger partial charge in [0, 0.05) is 17.0 Å². The maximum atomic E-state index is 10.9. The molecule has 0 amide bonds. The van der Waals surface area contributed by atoms with Gasteiger partial charge in [0.25, 0.3) is 0 Å². The molecule has 0 aliphatic carbocycles. The van der Waals surface area contributed by atoms with Crippen molar-refractivity contribution >= 4 is 21.9 Å². The largest absolute Gasteiger partial charge is 0.461 e. The number of carbonyl (C=O) groups excluding carboxylic acids is 1. The monoisotopic (exact) mass is 304 g/mol. The quantitative estimate of drug-likeness (QED) is 0.795. The molecule has 0 aromatic heterocycles. The first-order chi connectivity index (χ1) is 8.68. The zero-order valence-corrected chi connectivity index (χ0v) is 11.6. The van der Waals surface area contributed by atoms with E-state index >= 15 is 0 Å². The first-order valence-electron chi connectivity index (χ1n) is 5.64. The van der Waals surface area contributed by atoms with E-state index in [2.05, 4.69) is 15.9 Å². The molecule has 0 saturated heterocycles. The summed E-state index contributed by atoms with van der Waals surface area (Å²) in [4.78, 5) is 10.9. The lowest BCUT2D eigenvalue weighted by Gasteiger charge is -2.11. The van der Waals surface area contributed by atoms with Gasteiger partial charge in [-0.25, -0.2) is 0 Å². The van der Waals surface area contributed by atoms with E-state index in [0.29, 0.717) is 0 Å². The lowest BCUT2D eigenvalue weighted by molar-refractivity contribution is -0.142. The van der Waals surface area contributed by atoms with Crippen LogP contribution in [0.2, 0.25) is 0 Å². The zero-order chi connectivity index (χ0) is 13.0. The summed E-state index contributed by atoms with van der Waals surface area (Å²) >= 11 is 3.50. The second kappa shape index (κ2) is 5.83. The number of halogens is 1. The summed E-state index contributed by atoms with van der Waals surface area (Å²) in [7, 11) is 0. The summed E-state index contributed by atoms with van der Waals surface area (Å²) in [5.41, 5.74) is 3.17. The van der Waals surface area contributed by atoms with Gasteiger partial charge >= 0.3 is 5.97 Å². The van der Waals surface area contributed by atoms with Crippen LogP contribution < -0.4 is 0 Å². The molecule has 3 heteroatoms. The van der Waals surface area contributed by atoms with Gasteiger partial charge < -0.3 is 4.74 Å². The van der Waals surface area contributed by atoms with Crippen LogP contribution in [0.25, 0.3) is 11.1 Å². The van der Waals surface area contributed by atoms with Crippen molar-refractivity contribution in [3.8, 4) is 11.1 Å². The lowest BCUT2D eigenvalue weighted by Crippen LogP contribution is -2.01. The van der Waals surface area contributed by atoms with Crippen LogP contribution in [-0.4, -0.2) is 5.97 Å². The summed E-state index contributed by atoms with van der Waals surface area (Å²) in [6.07, 6.45) is 0. The van der Waals surface area contributed by atoms with Gasteiger partial charge in [0.2, 0.25) is 0 Å². The Bertz CT molecular complexity index is 550. The minimum atomic E-state index is -0.273. The minimum Gasteiger partial charge on any atom is -0.461 e. The van der Waals surface area contributed by atoms with E-state index < -0.39 is 0 Å². The molecule has 2 aromatic rings. The molecule has 0 bridgehead atoms. The highest BCUT2D eigenvalue weighted by Gasteiger charge is 2.09. The number of hydrogen-bond donors (Lipinski definition) is 0. The predicted molar refractivity (Wildman–Crippen MR) is 75.0 cm³/mol. The van der Waals surface area contributed by atoms with E-state index in [4.69, 9.17) is 4.74 Å². The number of carbonyl (C=O) groups is 1. The van der Waals surface area contributed by atoms with E-state index in [1.165, 1.54) is 6.92 Å². The van der Waals surface area contributed by atoms with Gasteiger partial charge in [-0.2, -0.15) is 0 Å². The van der Waals surface area contributed by atoms with Crippen LogP contribution in [0.3, 0.4) is 0 Å². The molecule has 2 rings (SSSR count). The van der Waals surface area contributed by atoms with E-state index in [1.54, 1.807) is 0 Å². The summed E-state index contributed by atoms with van der Waals surface area (Å²) in [5.74, 6) is -0.273. The molecule has 18 heavy (non-hydrogen) atoms. The van der Waals surface area contributed by atoms with E-state index in [1.807, 2.05) is 48.5 Å². The Kier molecular flexibility index (Phi) is 4.15. The number of esters is 1. The average Bonchev–Trinajstić information content (AvgIpc) is 2.38. The Morgan fingerprint density at radius 2 is 1.83 bits per heavy atom. The second-order valence-electron chi connectivity index (χ2n) is 3.91. The molecule has 92 valence electrons. The van der Waals surface area contributed by atoms with Gasteiger partial charge in [0.1, 0.15) is 6.61 Å². The summed E-state index contributed by atoms with van der Waals surface area (Å²) in [6, 6.07) is 16.0. The van der Waals surface area contributed by atoms with E-state index in [-0.39, 0.29) is 12.6 Å². The zero-order valence-electron chi connectivity index (χ0n) is 10.0. The van der Waals surface area contributed by atoms with Crippen LogP contribution in [0.5, 0.6) is 0 Å². The number of benzene rings is 2. The van der Waals surface area contributed by atoms with Crippen molar-refractivity contribution in [2.45, 2.75) is 13.5 Å². The Morgan fingerprint density at radius 1 is 1.11 bits per heavy atom. The van der Waals surface area contributed by atoms with Crippen LogP contribution in [0.4, 0.5) is 0 Å². The molecule has 0 aliphatic rings. The third kappa shape index (κ3) is 2.99. The first-order valence-corrected chi connectivity index (χ1v) is 6.44. The standard InChI is InChI=1S/C15H13BrO2/c1-11(17)18-10-14-13(8-5-9-15(14)16)12-6-3-2-4-7-12/h2-9H,10H2,1H3. The smallest absolute Gasteiger partial charge is 0.302 e. The van der Waals surface area contributed by atoms with Crippen LogP contribution in [-0.2, 0) is 16.1 Å². The van der Waals surface area contributed by atoms with Crippen LogP contribution in [0.15, 0.2) is 53.0 Å². The maximum absolute atomic E-state index is 10.9. The average molecular weight is 305 g/mol. The molecular formula is C15H13BrO2. The normalized spacial score (nSPS) is 10.1. The van der Waals surface area contributed by atoms with E-state index in [9.17, 15) is 4.79 Å². The fraction of sp³-hybridized carbons (Fsp3) is 0.133. The van der Waals surface area contributed by atoms with Crippen LogP contribution >= 0.6 is 15.9 Å². The molecule has 0 radical (unpaired) electrons. The molecule has 0 spiro atoms. The van der Waals surface area contributed by atoms with Crippen molar-refractivity contribution in [3.05, 3.63) is 58.6 Å². The van der Waals surface area contributed by atoms with Gasteiger partial charge in [-0.05, 0) is 17.2 Å². The molecule has 0 heterocycles. The molecule has 0 N–H and O–H groups in total. The molecule has 0 aliphatic heterocycles. The molecule has 2 nitrogen and oxygen atoms in total. The second-order valence-corrected chi connectivity index (χ2v) is 4.77. The summed E-state index contributed by atoms with van der Waals surface area (Å²) in [5, 5.41) is 0. The van der Waals surface area contributed by atoms with Crippen molar-refractivity contribution in [2.75, 3.05) is 0 Å². The first kappa shape index (κ1) is 12.8. The van der Waals surface area contributed by atoms with Crippen LogP contribution in [0, 0.1) is 0 Å². The summed E-state index contributed by atoms with van der Waals surface area (Å²) < 4.78 is 6.05. The Hall–Kier alpha value is -1.61. The van der Waals surface area contributed by atoms with Crippen molar-refractivity contribution in [3.63, 3.8) is 0 Å². The van der Waals surface area contributed by atoms with Gasteiger partial charge in [0.15, 0.2) is 0 Å². The van der Waals surface area contributed by atoms with Crippen molar-refractivity contribution in [1.82, 2.24) is 0 Å². The lowest BCUT2D eigenvalue weighted by atomic mass is 10.0. The molecule has 2 aromatic carbocycles.